The number of imide groups is 1. The minimum absolute atomic E-state index is 0.0348. The number of rotatable bonds is 5. The van der Waals surface area contributed by atoms with Crippen molar-refractivity contribution in [2.45, 2.75) is 19.4 Å². The molecule has 0 radical (unpaired) electrons. The Morgan fingerprint density at radius 1 is 1.11 bits per heavy atom. The molecule has 144 valence electrons. The van der Waals surface area contributed by atoms with Gasteiger partial charge >= 0.3 is 5.97 Å². The monoisotopic (exact) mass is 382 g/mol. The highest BCUT2D eigenvalue weighted by atomic mass is 16.7. The third kappa shape index (κ3) is 3.77. The lowest BCUT2D eigenvalue weighted by Crippen LogP contribution is -2.47. The van der Waals surface area contributed by atoms with Gasteiger partial charge in [0.05, 0.1) is 7.11 Å². The number of fused-ring (bicyclic) bond motifs is 1. The van der Waals surface area contributed by atoms with Crippen LogP contribution in [0.4, 0.5) is 5.69 Å². The van der Waals surface area contributed by atoms with E-state index in [-0.39, 0.29) is 23.6 Å². The molecule has 28 heavy (non-hydrogen) atoms. The molecule has 2 aromatic rings. The van der Waals surface area contributed by atoms with Crippen LogP contribution in [0.1, 0.15) is 34.3 Å². The lowest BCUT2D eigenvalue weighted by Gasteiger charge is -2.30. The van der Waals surface area contributed by atoms with E-state index in [1.165, 1.54) is 25.1 Å². The van der Waals surface area contributed by atoms with E-state index in [0.717, 1.165) is 12.7 Å². The van der Waals surface area contributed by atoms with Gasteiger partial charge in [0, 0.05) is 18.2 Å². The topological polar surface area (TPSA) is 102 Å². The summed E-state index contributed by atoms with van der Waals surface area (Å²) in [7, 11) is 1.16. The predicted octanol–water partition coefficient (Wildman–Crippen LogP) is 2.02. The molecule has 8 nitrogen and oxygen atoms in total. The van der Waals surface area contributed by atoms with E-state index >= 15 is 0 Å². The molecule has 2 aromatic carbocycles. The number of hydrogen-bond donors (Lipinski definition) is 1. The maximum atomic E-state index is 12.9. The number of benzene rings is 2. The Hall–Kier alpha value is -3.52. The number of anilines is 1. The predicted molar refractivity (Wildman–Crippen MR) is 97.9 cm³/mol. The molecule has 3 rings (SSSR count). The van der Waals surface area contributed by atoms with Gasteiger partial charge in [0.25, 0.3) is 11.8 Å². The third-order valence-corrected chi connectivity index (χ3v) is 4.19. The van der Waals surface area contributed by atoms with Crippen LogP contribution in [0, 0.1) is 0 Å². The number of nitrogens with one attached hydrogen (secondary N) is 1. The van der Waals surface area contributed by atoms with Crippen molar-refractivity contribution in [3.63, 3.8) is 0 Å². The summed E-state index contributed by atoms with van der Waals surface area (Å²) in [6, 6.07) is 13.3. The molecule has 0 aromatic heterocycles. The van der Waals surface area contributed by atoms with Crippen LogP contribution in [-0.2, 0) is 30.6 Å². The van der Waals surface area contributed by atoms with Gasteiger partial charge in [0.2, 0.25) is 5.91 Å². The minimum Gasteiger partial charge on any atom is -0.468 e. The van der Waals surface area contributed by atoms with Gasteiger partial charge < -0.3 is 10.1 Å². The maximum absolute atomic E-state index is 12.9. The summed E-state index contributed by atoms with van der Waals surface area (Å²) in [5.74, 6) is -4.00. The Morgan fingerprint density at radius 3 is 2.46 bits per heavy atom. The summed E-state index contributed by atoms with van der Waals surface area (Å²) in [6.45, 7) is 1.30. The number of esters is 1. The summed E-state index contributed by atoms with van der Waals surface area (Å²) < 4.78 is 4.74. The quantitative estimate of drug-likeness (QED) is 0.482. The number of hydroxylamine groups is 2. The highest BCUT2D eigenvalue weighted by Crippen LogP contribution is 2.32. The van der Waals surface area contributed by atoms with Crippen LogP contribution in [0.25, 0.3) is 0 Å². The van der Waals surface area contributed by atoms with Crippen molar-refractivity contribution in [3.05, 3.63) is 65.2 Å². The second kappa shape index (κ2) is 8.01. The Morgan fingerprint density at radius 2 is 1.82 bits per heavy atom. The van der Waals surface area contributed by atoms with Crippen LogP contribution in [-0.4, -0.2) is 35.9 Å². The molecule has 0 aliphatic carbocycles. The normalized spacial score (nSPS) is 15.8. The van der Waals surface area contributed by atoms with E-state index in [2.05, 4.69) is 5.32 Å². The van der Waals surface area contributed by atoms with Gasteiger partial charge in [-0.3, -0.25) is 24.0 Å². The number of methoxy groups -OCH3 is 1. The zero-order valence-electron chi connectivity index (χ0n) is 15.3. The summed E-state index contributed by atoms with van der Waals surface area (Å²) in [5, 5.41) is 3.14. The number of amides is 3. The third-order valence-electron chi connectivity index (χ3n) is 4.19. The van der Waals surface area contributed by atoms with E-state index < -0.39 is 23.7 Å². The zero-order chi connectivity index (χ0) is 20.3. The molecule has 1 aliphatic rings. The largest absolute Gasteiger partial charge is 0.468 e. The summed E-state index contributed by atoms with van der Waals surface area (Å²) in [4.78, 5) is 54.6. The van der Waals surface area contributed by atoms with E-state index in [4.69, 9.17) is 9.57 Å². The fourth-order valence-electron chi connectivity index (χ4n) is 2.92. The molecule has 0 saturated heterocycles. The molecule has 0 bridgehead atoms. The van der Waals surface area contributed by atoms with Gasteiger partial charge in [-0.15, -0.1) is 5.06 Å². The number of carbonyl (C=O) groups excluding carboxylic acids is 4. The van der Waals surface area contributed by atoms with Crippen LogP contribution in [0.2, 0.25) is 0 Å². The van der Waals surface area contributed by atoms with Gasteiger partial charge in [-0.25, -0.2) is 0 Å². The van der Waals surface area contributed by atoms with Crippen molar-refractivity contribution >= 4 is 29.4 Å². The second-order valence-corrected chi connectivity index (χ2v) is 6.14. The Bertz CT molecular complexity index is 941. The molecule has 3 amide bonds. The molecule has 8 heteroatoms. The van der Waals surface area contributed by atoms with Crippen LogP contribution in [0.15, 0.2) is 48.5 Å². The lowest BCUT2D eigenvalue weighted by atomic mass is 9.89. The average Bonchev–Trinajstić information content (AvgIpc) is 2.68. The molecule has 1 heterocycles. The molecule has 1 atom stereocenters. The first-order chi connectivity index (χ1) is 13.4. The standard InChI is InChI=1S/C20H18N2O6/c1-12(23)21-14-8-9-15-16(10-14)18(24)22(19(25)17(15)20(26)27-2)28-11-13-6-4-3-5-7-13/h3-10,17H,11H2,1-2H3,(H,21,23). The molecule has 1 N–H and O–H groups in total. The average molecular weight is 382 g/mol. The number of hydrogen-bond acceptors (Lipinski definition) is 6. The molecule has 0 spiro atoms. The highest BCUT2D eigenvalue weighted by Gasteiger charge is 2.44. The van der Waals surface area contributed by atoms with Crippen molar-refractivity contribution in [1.29, 1.82) is 0 Å². The van der Waals surface area contributed by atoms with Crippen LogP contribution < -0.4 is 5.32 Å². The number of nitrogens with zero attached hydrogens (tertiary/aromatic N) is 1. The smallest absolute Gasteiger partial charge is 0.322 e. The second-order valence-electron chi connectivity index (χ2n) is 6.14. The minimum atomic E-state index is -1.33. The van der Waals surface area contributed by atoms with Crippen molar-refractivity contribution in [2.75, 3.05) is 12.4 Å². The molecular weight excluding hydrogens is 364 g/mol. The van der Waals surface area contributed by atoms with Crippen molar-refractivity contribution in [2.24, 2.45) is 0 Å². The van der Waals surface area contributed by atoms with Crippen molar-refractivity contribution < 1.29 is 28.8 Å². The van der Waals surface area contributed by atoms with Gasteiger partial charge in [0.15, 0.2) is 5.92 Å². The Kier molecular flexibility index (Phi) is 5.51. The highest BCUT2D eigenvalue weighted by molar-refractivity contribution is 6.17. The lowest BCUT2D eigenvalue weighted by molar-refractivity contribution is -0.179. The fraction of sp³-hybridized carbons (Fsp3) is 0.200. The molecule has 1 unspecified atom stereocenters. The van der Waals surface area contributed by atoms with Gasteiger partial charge in [-0.2, -0.15) is 0 Å². The Labute approximate surface area is 161 Å². The van der Waals surface area contributed by atoms with Crippen LogP contribution in [0.5, 0.6) is 0 Å². The number of ether oxygens (including phenoxy) is 1. The van der Waals surface area contributed by atoms with Gasteiger partial charge in [0.1, 0.15) is 6.61 Å². The van der Waals surface area contributed by atoms with Gasteiger partial charge in [-0.1, -0.05) is 36.4 Å². The van der Waals surface area contributed by atoms with E-state index in [1.54, 1.807) is 24.3 Å². The van der Waals surface area contributed by atoms with Crippen LogP contribution >= 0.6 is 0 Å². The zero-order valence-corrected chi connectivity index (χ0v) is 15.3. The van der Waals surface area contributed by atoms with Gasteiger partial charge in [-0.05, 0) is 23.3 Å². The molecule has 0 fully saturated rings. The van der Waals surface area contributed by atoms with E-state index in [9.17, 15) is 19.2 Å². The summed E-state index contributed by atoms with van der Waals surface area (Å²) in [6.07, 6.45) is 0. The maximum Gasteiger partial charge on any atom is 0.322 e. The molecule has 0 saturated carbocycles. The number of carbonyl (C=O) groups is 4. The van der Waals surface area contributed by atoms with Crippen molar-refractivity contribution in [1.82, 2.24) is 5.06 Å². The fourth-order valence-corrected chi connectivity index (χ4v) is 2.92. The Balaban J connectivity index is 1.97. The summed E-state index contributed by atoms with van der Waals surface area (Å²) >= 11 is 0. The van der Waals surface area contributed by atoms with E-state index in [0.29, 0.717) is 10.8 Å². The van der Waals surface area contributed by atoms with Crippen LogP contribution in [0.3, 0.4) is 0 Å². The molecule has 1 aliphatic heterocycles. The SMILES string of the molecule is COC(=O)C1C(=O)N(OCc2ccccc2)C(=O)c2cc(NC(C)=O)ccc21. The molecular formula is C20H18N2O6. The summed E-state index contributed by atoms with van der Waals surface area (Å²) in [5.41, 5.74) is 1.39. The first kappa shape index (κ1) is 19.2. The van der Waals surface area contributed by atoms with E-state index in [1.807, 2.05) is 6.07 Å². The first-order valence-electron chi connectivity index (χ1n) is 8.47. The van der Waals surface area contributed by atoms with Crippen molar-refractivity contribution in [3.8, 4) is 0 Å². The first-order valence-corrected chi connectivity index (χ1v) is 8.47.